The Balaban J connectivity index is 0.00000121. The number of para-hydroxylation sites is 1. The van der Waals surface area contributed by atoms with Crippen molar-refractivity contribution >= 4 is 41.6 Å². The molecule has 0 amide bonds. The quantitative estimate of drug-likeness (QED) is 0.910. The van der Waals surface area contributed by atoms with Gasteiger partial charge >= 0.3 is 0 Å². The maximum atomic E-state index is 11.8. The highest BCUT2D eigenvalue weighted by atomic mass is 35.5. The zero-order valence-electron chi connectivity index (χ0n) is 12.9. The van der Waals surface area contributed by atoms with E-state index in [0.717, 1.165) is 31.7 Å². The molecule has 1 aliphatic rings. The van der Waals surface area contributed by atoms with E-state index >= 15 is 0 Å². The lowest BCUT2D eigenvalue weighted by molar-refractivity contribution is 0.0941. The van der Waals surface area contributed by atoms with E-state index in [9.17, 15) is 4.79 Å². The minimum absolute atomic E-state index is 0. The van der Waals surface area contributed by atoms with Crippen LogP contribution in [0.15, 0.2) is 30.5 Å². The predicted octanol–water partition coefficient (Wildman–Crippen LogP) is 3.11. The summed E-state index contributed by atoms with van der Waals surface area (Å²) >= 11 is 0. The lowest BCUT2D eigenvalue weighted by atomic mass is 10.1. The minimum atomic E-state index is 0. The number of fused-ring (bicyclic) bond motifs is 1. The molecule has 1 atom stereocenters. The number of carbonyl (C=O) groups excluding carboxylic acids is 1. The van der Waals surface area contributed by atoms with Gasteiger partial charge in [0.1, 0.15) is 0 Å². The molecule has 3 rings (SSSR count). The second-order valence-corrected chi connectivity index (χ2v) is 5.45. The average Bonchev–Trinajstić information content (AvgIpc) is 2.87. The molecule has 0 aliphatic carbocycles. The van der Waals surface area contributed by atoms with Gasteiger partial charge in [0.25, 0.3) is 0 Å². The maximum Gasteiger partial charge on any atom is 0.227 e. The van der Waals surface area contributed by atoms with Crippen molar-refractivity contribution in [2.45, 2.75) is 19.9 Å². The van der Waals surface area contributed by atoms with Crippen LogP contribution in [0.3, 0.4) is 0 Å². The van der Waals surface area contributed by atoms with E-state index < -0.39 is 0 Å². The summed E-state index contributed by atoms with van der Waals surface area (Å²) in [6.07, 6.45) is 2.01. The Labute approximate surface area is 143 Å². The third-order valence-electron chi connectivity index (χ3n) is 4.23. The maximum absolute atomic E-state index is 11.8. The fourth-order valence-electron chi connectivity index (χ4n) is 3.07. The molecule has 2 heterocycles. The summed E-state index contributed by atoms with van der Waals surface area (Å²) in [6, 6.07) is 8.50. The summed E-state index contributed by atoms with van der Waals surface area (Å²) in [6.45, 7) is 8.04. The van der Waals surface area contributed by atoms with Gasteiger partial charge in [0.15, 0.2) is 0 Å². The number of hydrogen-bond donors (Lipinski definition) is 1. The standard InChI is InChI=1S/C16H21N3O.2ClH/c1-12(18-9-7-17-8-10-18)15-11-19(13(2)20)16-6-4-3-5-14(15)16;;/h3-6,11-12,17H,7-10H2,1-2H3;2*1H/t12-;;/m1../s1. The normalized spacial score (nSPS) is 16.6. The van der Waals surface area contributed by atoms with E-state index in [1.165, 1.54) is 10.9 Å². The van der Waals surface area contributed by atoms with Crippen LogP contribution in [0, 0.1) is 0 Å². The Kier molecular flexibility index (Phi) is 6.88. The number of aromatic nitrogens is 1. The monoisotopic (exact) mass is 343 g/mol. The topological polar surface area (TPSA) is 37.3 Å². The van der Waals surface area contributed by atoms with Crippen LogP contribution in [0.2, 0.25) is 0 Å². The van der Waals surface area contributed by atoms with Crippen LogP contribution in [-0.4, -0.2) is 41.6 Å². The first kappa shape index (κ1) is 19.0. The Morgan fingerprint density at radius 2 is 1.82 bits per heavy atom. The van der Waals surface area contributed by atoms with Crippen LogP contribution in [0.4, 0.5) is 0 Å². The van der Waals surface area contributed by atoms with E-state index in [0.29, 0.717) is 6.04 Å². The number of halogens is 2. The molecule has 1 aromatic carbocycles. The smallest absolute Gasteiger partial charge is 0.227 e. The SMILES string of the molecule is CC(=O)n1cc([C@@H](C)N2CCNCC2)c2ccccc21.Cl.Cl. The molecular formula is C16H23Cl2N3O. The third-order valence-corrected chi connectivity index (χ3v) is 4.23. The van der Waals surface area contributed by atoms with Crippen molar-refractivity contribution in [1.82, 2.24) is 14.8 Å². The number of rotatable bonds is 2. The molecule has 122 valence electrons. The van der Waals surface area contributed by atoms with Gasteiger partial charge in [-0.1, -0.05) is 18.2 Å². The van der Waals surface area contributed by atoms with Gasteiger partial charge in [-0.2, -0.15) is 0 Å². The van der Waals surface area contributed by atoms with Crippen molar-refractivity contribution in [2.75, 3.05) is 26.2 Å². The van der Waals surface area contributed by atoms with Gasteiger partial charge in [-0.05, 0) is 18.6 Å². The van der Waals surface area contributed by atoms with Gasteiger partial charge in [0, 0.05) is 50.7 Å². The molecule has 1 N–H and O–H groups in total. The van der Waals surface area contributed by atoms with Crippen molar-refractivity contribution < 1.29 is 4.79 Å². The molecule has 1 saturated heterocycles. The Morgan fingerprint density at radius 3 is 2.45 bits per heavy atom. The molecule has 0 radical (unpaired) electrons. The Morgan fingerprint density at radius 1 is 1.18 bits per heavy atom. The zero-order chi connectivity index (χ0) is 14.1. The summed E-state index contributed by atoms with van der Waals surface area (Å²) in [5, 5.41) is 4.57. The number of hydrogen-bond acceptors (Lipinski definition) is 3. The molecule has 0 unspecified atom stereocenters. The highest BCUT2D eigenvalue weighted by Crippen LogP contribution is 2.30. The van der Waals surface area contributed by atoms with Gasteiger partial charge in [-0.25, -0.2) is 0 Å². The molecule has 2 aromatic rings. The van der Waals surface area contributed by atoms with Crippen molar-refractivity contribution in [3.05, 3.63) is 36.0 Å². The summed E-state index contributed by atoms with van der Waals surface area (Å²) in [4.78, 5) is 14.3. The number of nitrogens with one attached hydrogen (secondary N) is 1. The van der Waals surface area contributed by atoms with Crippen LogP contribution >= 0.6 is 24.8 Å². The molecule has 22 heavy (non-hydrogen) atoms. The summed E-state index contributed by atoms with van der Waals surface area (Å²) in [5.74, 6) is 0.0694. The van der Waals surface area contributed by atoms with E-state index in [4.69, 9.17) is 0 Å². The third kappa shape index (κ3) is 3.46. The van der Waals surface area contributed by atoms with Gasteiger partial charge in [-0.3, -0.25) is 14.3 Å². The van der Waals surface area contributed by atoms with Crippen LogP contribution < -0.4 is 5.32 Å². The zero-order valence-corrected chi connectivity index (χ0v) is 14.5. The first-order valence-electron chi connectivity index (χ1n) is 7.24. The Hall–Kier alpha value is -1.07. The van der Waals surface area contributed by atoms with E-state index in [-0.39, 0.29) is 30.7 Å². The summed E-state index contributed by atoms with van der Waals surface area (Å²) in [5.41, 5.74) is 2.26. The van der Waals surface area contributed by atoms with Crippen molar-refractivity contribution in [3.63, 3.8) is 0 Å². The summed E-state index contributed by atoms with van der Waals surface area (Å²) < 4.78 is 1.77. The highest BCUT2D eigenvalue weighted by Gasteiger charge is 2.22. The first-order chi connectivity index (χ1) is 9.68. The number of piperazine rings is 1. The molecule has 0 bridgehead atoms. The highest BCUT2D eigenvalue weighted by molar-refractivity contribution is 5.93. The molecule has 0 saturated carbocycles. The fourth-order valence-corrected chi connectivity index (χ4v) is 3.07. The fraction of sp³-hybridized carbons (Fsp3) is 0.438. The van der Waals surface area contributed by atoms with Crippen molar-refractivity contribution in [3.8, 4) is 0 Å². The van der Waals surface area contributed by atoms with E-state index in [1.54, 1.807) is 11.5 Å². The Bertz CT molecular complexity index is 635. The van der Waals surface area contributed by atoms with Gasteiger partial charge in [-0.15, -0.1) is 24.8 Å². The van der Waals surface area contributed by atoms with Gasteiger partial charge in [0.2, 0.25) is 5.91 Å². The molecule has 1 aromatic heterocycles. The van der Waals surface area contributed by atoms with Crippen molar-refractivity contribution in [1.29, 1.82) is 0 Å². The molecule has 6 heteroatoms. The minimum Gasteiger partial charge on any atom is -0.314 e. The van der Waals surface area contributed by atoms with E-state index in [1.807, 2.05) is 24.4 Å². The molecular weight excluding hydrogens is 321 g/mol. The van der Waals surface area contributed by atoms with Crippen LogP contribution in [0.25, 0.3) is 10.9 Å². The van der Waals surface area contributed by atoms with E-state index in [2.05, 4.69) is 23.2 Å². The number of nitrogens with zero attached hydrogens (tertiary/aromatic N) is 2. The summed E-state index contributed by atoms with van der Waals surface area (Å²) in [7, 11) is 0. The molecule has 1 aliphatic heterocycles. The lowest BCUT2D eigenvalue weighted by Crippen LogP contribution is -2.44. The molecule has 1 fully saturated rings. The predicted molar refractivity (Wildman–Crippen MR) is 95.6 cm³/mol. The lowest BCUT2D eigenvalue weighted by Gasteiger charge is -2.32. The molecule has 0 spiro atoms. The second-order valence-electron chi connectivity index (χ2n) is 5.45. The van der Waals surface area contributed by atoms with Crippen LogP contribution in [-0.2, 0) is 0 Å². The van der Waals surface area contributed by atoms with Crippen molar-refractivity contribution in [2.24, 2.45) is 0 Å². The van der Waals surface area contributed by atoms with Gasteiger partial charge < -0.3 is 5.32 Å². The van der Waals surface area contributed by atoms with Gasteiger partial charge in [0.05, 0.1) is 5.52 Å². The number of benzene rings is 1. The second kappa shape index (κ2) is 7.97. The largest absolute Gasteiger partial charge is 0.314 e. The first-order valence-corrected chi connectivity index (χ1v) is 7.24. The molecule has 4 nitrogen and oxygen atoms in total. The van der Waals surface area contributed by atoms with Crippen LogP contribution in [0.5, 0.6) is 0 Å². The van der Waals surface area contributed by atoms with Crippen LogP contribution in [0.1, 0.15) is 30.2 Å². The number of carbonyl (C=O) groups is 1. The average molecular weight is 344 g/mol.